The van der Waals surface area contributed by atoms with E-state index in [0.717, 1.165) is 25.7 Å². The van der Waals surface area contributed by atoms with Crippen molar-refractivity contribution in [3.05, 3.63) is 0 Å². The van der Waals surface area contributed by atoms with Gasteiger partial charge in [-0.1, -0.05) is 117 Å². The van der Waals surface area contributed by atoms with E-state index in [-0.39, 0.29) is 21.1 Å². The molecule has 0 atom stereocenters. The predicted molar refractivity (Wildman–Crippen MR) is 193 cm³/mol. The molecule has 0 bridgehead atoms. The number of carboxylic acids is 2. The van der Waals surface area contributed by atoms with Crippen LogP contribution in [0.2, 0.25) is 8.87 Å². The van der Waals surface area contributed by atoms with Crippen molar-refractivity contribution in [2.24, 2.45) is 0 Å². The van der Waals surface area contributed by atoms with E-state index in [9.17, 15) is 14.4 Å². The van der Waals surface area contributed by atoms with Crippen LogP contribution in [0.3, 0.4) is 0 Å². The number of carbonyl (C=O) groups excluding carboxylic acids is 1. The minimum absolute atomic E-state index is 0.149. The molecule has 0 aromatic rings. The number of unbranched alkanes of at least 4 members (excludes halogenated alkanes) is 18. The van der Waals surface area contributed by atoms with Crippen LogP contribution in [0, 0.1) is 0 Å². The zero-order valence-electron chi connectivity index (χ0n) is 30.7. The number of rotatable bonds is 28. The third-order valence-electron chi connectivity index (χ3n) is 6.93. The van der Waals surface area contributed by atoms with Gasteiger partial charge in [-0.3, -0.25) is 9.59 Å². The molecular weight excluding hydrogens is 675 g/mol. The normalized spacial score (nSPS) is 9.91. The maximum Gasteiger partial charge on any atom is 0.508 e. The van der Waals surface area contributed by atoms with E-state index in [1.54, 1.807) is 22.7 Å². The van der Waals surface area contributed by atoms with Crippen molar-refractivity contribution < 1.29 is 34.1 Å². The molecule has 0 rings (SSSR count). The van der Waals surface area contributed by atoms with Crippen molar-refractivity contribution in [1.82, 2.24) is 0 Å². The Morgan fingerprint density at radius 1 is 0.422 bits per heavy atom. The van der Waals surface area contributed by atoms with Gasteiger partial charge in [-0.25, -0.2) is 4.79 Å². The number of carbonyl (C=O) groups is 3. The van der Waals surface area contributed by atoms with E-state index in [1.165, 1.54) is 116 Å². The first-order valence-corrected chi connectivity index (χ1v) is 22.7. The van der Waals surface area contributed by atoms with Gasteiger partial charge >= 0.3 is 87.6 Å². The van der Waals surface area contributed by atoms with Gasteiger partial charge in [0, 0.05) is 12.8 Å². The summed E-state index contributed by atoms with van der Waals surface area (Å²) in [5.74, 6) is -1.32. The van der Waals surface area contributed by atoms with Gasteiger partial charge in [-0.15, -0.1) is 0 Å². The number of hydrogen-bond acceptors (Lipinski definition) is 5. The average Bonchev–Trinajstić information content (AvgIpc) is 3.00. The molecule has 2 radical (unpaired) electrons. The molecule has 0 aromatic carbocycles. The van der Waals surface area contributed by atoms with E-state index >= 15 is 0 Å². The number of aliphatic carboxylic acids is 2. The molecule has 2 N–H and O–H groups in total. The van der Waals surface area contributed by atoms with Crippen LogP contribution in [0.5, 0.6) is 0 Å². The first-order chi connectivity index (χ1) is 21.8. The minimum atomic E-state index is -0.659. The van der Waals surface area contributed by atoms with Gasteiger partial charge in [-0.05, 0) is 26.7 Å². The molecule has 0 aromatic heterocycles. The standard InChI is InChI=1S/2C12H24O2.C5H10O3.2C4H9.Sn/c2*1-2-3-4-5-6-7-8-9-10-11-12(13)14;1-3-7-5(6)8-4-2;2*1-3-4-2;/h2*2-11H2,1H3,(H,13,14);3-4H2,1-2H3;2*1,3-4H2,2H3;. The molecule has 7 nitrogen and oxygen atoms in total. The predicted octanol–water partition coefficient (Wildman–Crippen LogP) is 12.3. The zero-order chi connectivity index (χ0) is 34.7. The van der Waals surface area contributed by atoms with Crippen LogP contribution in [0.15, 0.2) is 0 Å². The third kappa shape index (κ3) is 66.4. The van der Waals surface area contributed by atoms with Crippen LogP contribution in [-0.4, -0.2) is 62.7 Å². The summed E-state index contributed by atoms with van der Waals surface area (Å²) in [6, 6.07) is 0. The Kier molecular flexibility index (Phi) is 56.4. The maximum atomic E-state index is 10.2. The molecule has 0 amide bonds. The summed E-state index contributed by atoms with van der Waals surface area (Å²) in [6.45, 7) is 13.3. The van der Waals surface area contributed by atoms with Crippen LogP contribution in [0.1, 0.15) is 196 Å². The molecule has 0 unspecified atom stereocenters. The van der Waals surface area contributed by atoms with Crippen LogP contribution >= 0.6 is 0 Å². The summed E-state index contributed by atoms with van der Waals surface area (Å²) >= 11 is 0.149. The van der Waals surface area contributed by atoms with E-state index in [4.69, 9.17) is 10.2 Å². The third-order valence-corrected chi connectivity index (χ3v) is 11.0. The smallest absolute Gasteiger partial charge is 0.435 e. The summed E-state index contributed by atoms with van der Waals surface area (Å²) in [6.07, 6.45) is 28.2. The van der Waals surface area contributed by atoms with Crippen LogP contribution in [-0.2, 0) is 19.1 Å². The summed E-state index contributed by atoms with van der Waals surface area (Å²) < 4.78 is 12.1. The van der Waals surface area contributed by atoms with Crippen molar-refractivity contribution in [3.63, 3.8) is 0 Å². The first kappa shape index (κ1) is 50.9. The monoisotopic (exact) mass is 752 g/mol. The second-order valence-corrected chi connectivity index (χ2v) is 15.8. The number of hydrogen-bond donors (Lipinski definition) is 2. The van der Waals surface area contributed by atoms with Gasteiger partial charge in [0.05, 0.1) is 13.2 Å². The maximum absolute atomic E-state index is 10.2. The Hall–Kier alpha value is -0.991. The van der Waals surface area contributed by atoms with E-state index in [2.05, 4.69) is 37.2 Å². The summed E-state index contributed by atoms with van der Waals surface area (Å²) in [4.78, 5) is 30.6. The van der Waals surface area contributed by atoms with E-state index < -0.39 is 18.1 Å². The quantitative estimate of drug-likeness (QED) is 0.0465. The molecule has 0 aliphatic carbocycles. The topological polar surface area (TPSA) is 110 Å². The molecular formula is C37H76O7Sn. The Balaban J connectivity index is -0.000000256. The van der Waals surface area contributed by atoms with Crippen molar-refractivity contribution in [2.45, 2.75) is 205 Å². The minimum Gasteiger partial charge on any atom is -0.435 e. The van der Waals surface area contributed by atoms with Crippen LogP contribution in [0.25, 0.3) is 0 Å². The van der Waals surface area contributed by atoms with E-state index in [1.807, 2.05) is 0 Å². The van der Waals surface area contributed by atoms with Crippen LogP contribution < -0.4 is 0 Å². The second kappa shape index (κ2) is 49.9. The molecule has 0 spiro atoms. The van der Waals surface area contributed by atoms with Gasteiger partial charge in [0.15, 0.2) is 0 Å². The Morgan fingerprint density at radius 2 is 0.689 bits per heavy atom. The first-order valence-electron chi connectivity index (χ1n) is 18.7. The summed E-state index contributed by atoms with van der Waals surface area (Å²) in [5.41, 5.74) is 0. The number of carboxylic acid groups (broad SMARTS) is 2. The van der Waals surface area contributed by atoms with Crippen molar-refractivity contribution in [1.29, 1.82) is 0 Å². The average molecular weight is 752 g/mol. The molecule has 0 aliphatic heterocycles. The van der Waals surface area contributed by atoms with Crippen molar-refractivity contribution >= 4 is 39.2 Å². The van der Waals surface area contributed by atoms with Gasteiger partial charge in [0.2, 0.25) is 0 Å². The largest absolute Gasteiger partial charge is 0.508 e. The number of ether oxygens (including phenoxy) is 2. The van der Waals surface area contributed by atoms with Crippen LogP contribution in [0.4, 0.5) is 4.79 Å². The molecule has 0 fully saturated rings. The zero-order valence-corrected chi connectivity index (χ0v) is 33.6. The second-order valence-electron chi connectivity index (χ2n) is 11.5. The van der Waals surface area contributed by atoms with Crippen molar-refractivity contribution in [3.8, 4) is 0 Å². The summed E-state index contributed by atoms with van der Waals surface area (Å²) in [7, 11) is 0. The van der Waals surface area contributed by atoms with Gasteiger partial charge in [0.25, 0.3) is 0 Å². The molecule has 0 heterocycles. The SMILES string of the molecule is CCCCCCCCCCCC(=O)O.CCCCCCCCCCCC(=O)O.CCC[CH2][Sn][CH2]CCC.CCOC(=O)OCC. The molecule has 0 aliphatic rings. The molecule has 270 valence electrons. The Morgan fingerprint density at radius 3 is 0.933 bits per heavy atom. The molecule has 0 saturated heterocycles. The summed E-state index contributed by atoms with van der Waals surface area (Å²) in [5, 5.41) is 16.8. The fourth-order valence-corrected chi connectivity index (χ4v) is 8.34. The van der Waals surface area contributed by atoms with Gasteiger partial charge in [-0.2, -0.15) is 0 Å². The fraction of sp³-hybridized carbons (Fsp3) is 0.919. The van der Waals surface area contributed by atoms with E-state index in [0.29, 0.717) is 26.1 Å². The Labute approximate surface area is 290 Å². The molecule has 8 heteroatoms. The van der Waals surface area contributed by atoms with Crippen molar-refractivity contribution in [2.75, 3.05) is 13.2 Å². The van der Waals surface area contributed by atoms with Gasteiger partial charge in [0.1, 0.15) is 0 Å². The molecule has 0 saturated carbocycles. The van der Waals surface area contributed by atoms with Gasteiger partial charge < -0.3 is 19.7 Å². The molecule has 45 heavy (non-hydrogen) atoms. The fourth-order valence-electron chi connectivity index (χ4n) is 4.18. The Bertz CT molecular complexity index is 527.